The van der Waals surface area contributed by atoms with Crippen LogP contribution in [0.25, 0.3) is 10.2 Å². The Hall–Kier alpha value is -2.85. The predicted molar refractivity (Wildman–Crippen MR) is 113 cm³/mol. The number of para-hydroxylation sites is 1. The standard InChI is InChI=1S/C20H20N2O6S2/c1-26-13-6-8-15(9-7-13)30(24,25)12-18(23)28-14-10-22(11-14)20-21-19-16(27-2)4-3-5-17(19)29-20/h3-9,14H,10-12H2,1-2H3. The molecule has 3 aromatic rings. The molecule has 30 heavy (non-hydrogen) atoms. The van der Waals surface area contributed by atoms with Crippen molar-refractivity contribution in [3.05, 3.63) is 42.5 Å². The number of nitrogens with zero attached hydrogens (tertiary/aromatic N) is 2. The van der Waals surface area contributed by atoms with Crippen LogP contribution in [0.3, 0.4) is 0 Å². The number of thiazole rings is 1. The molecule has 0 radical (unpaired) electrons. The topological polar surface area (TPSA) is 95.0 Å². The number of fused-ring (bicyclic) bond motifs is 1. The van der Waals surface area contributed by atoms with Gasteiger partial charge in [-0.2, -0.15) is 0 Å². The number of carbonyl (C=O) groups is 1. The van der Waals surface area contributed by atoms with E-state index in [0.717, 1.165) is 15.3 Å². The van der Waals surface area contributed by atoms with Gasteiger partial charge in [0.05, 0.1) is 36.9 Å². The van der Waals surface area contributed by atoms with Gasteiger partial charge in [-0.3, -0.25) is 4.79 Å². The number of benzene rings is 2. The van der Waals surface area contributed by atoms with E-state index >= 15 is 0 Å². The van der Waals surface area contributed by atoms with Crippen LogP contribution < -0.4 is 14.4 Å². The van der Waals surface area contributed by atoms with E-state index < -0.39 is 21.6 Å². The summed E-state index contributed by atoms with van der Waals surface area (Å²) in [6, 6.07) is 11.6. The van der Waals surface area contributed by atoms with Gasteiger partial charge in [0, 0.05) is 0 Å². The third kappa shape index (κ3) is 4.05. The molecule has 1 aromatic heterocycles. The molecule has 0 saturated carbocycles. The molecule has 1 aliphatic rings. The molecule has 0 N–H and O–H groups in total. The van der Waals surface area contributed by atoms with Crippen LogP contribution in [0.1, 0.15) is 0 Å². The van der Waals surface area contributed by atoms with Crippen LogP contribution in [0, 0.1) is 0 Å². The van der Waals surface area contributed by atoms with E-state index in [4.69, 9.17) is 14.2 Å². The Kier molecular flexibility index (Phi) is 5.52. The molecular weight excluding hydrogens is 428 g/mol. The van der Waals surface area contributed by atoms with Gasteiger partial charge in [0.15, 0.2) is 20.7 Å². The summed E-state index contributed by atoms with van der Waals surface area (Å²) in [7, 11) is -0.675. The molecule has 10 heteroatoms. The van der Waals surface area contributed by atoms with Gasteiger partial charge in [0.25, 0.3) is 0 Å². The lowest BCUT2D eigenvalue weighted by atomic mass is 10.2. The molecule has 0 atom stereocenters. The number of esters is 1. The van der Waals surface area contributed by atoms with E-state index in [1.54, 1.807) is 7.11 Å². The molecule has 0 spiro atoms. The van der Waals surface area contributed by atoms with E-state index in [9.17, 15) is 13.2 Å². The lowest BCUT2D eigenvalue weighted by Crippen LogP contribution is -2.53. The fourth-order valence-electron chi connectivity index (χ4n) is 3.12. The van der Waals surface area contributed by atoms with Crippen LogP contribution in [0.4, 0.5) is 5.13 Å². The maximum Gasteiger partial charge on any atom is 0.321 e. The molecular formula is C20H20N2O6S2. The zero-order chi connectivity index (χ0) is 21.3. The number of ether oxygens (including phenoxy) is 3. The van der Waals surface area contributed by atoms with Gasteiger partial charge in [-0.05, 0) is 36.4 Å². The summed E-state index contributed by atoms with van der Waals surface area (Å²) in [5.41, 5.74) is 0.797. The molecule has 1 aliphatic heterocycles. The first-order chi connectivity index (χ1) is 14.4. The Labute approximate surface area is 177 Å². The molecule has 0 aliphatic carbocycles. The van der Waals surface area contributed by atoms with Crippen LogP contribution in [-0.4, -0.2) is 58.5 Å². The van der Waals surface area contributed by atoms with Crippen molar-refractivity contribution >= 4 is 42.5 Å². The average molecular weight is 449 g/mol. The zero-order valence-corrected chi connectivity index (χ0v) is 18.0. The van der Waals surface area contributed by atoms with Crippen LogP contribution in [0.2, 0.25) is 0 Å². The number of sulfone groups is 1. The number of anilines is 1. The van der Waals surface area contributed by atoms with Crippen LogP contribution in [0.5, 0.6) is 11.5 Å². The third-order valence-corrected chi connectivity index (χ3v) is 7.42. The average Bonchev–Trinajstić information content (AvgIpc) is 3.13. The minimum atomic E-state index is -3.77. The van der Waals surface area contributed by atoms with Crippen LogP contribution in [-0.2, 0) is 19.4 Å². The Bertz CT molecular complexity index is 1170. The van der Waals surface area contributed by atoms with Crippen molar-refractivity contribution in [1.82, 2.24) is 4.98 Å². The zero-order valence-electron chi connectivity index (χ0n) is 16.4. The Balaban J connectivity index is 1.34. The van der Waals surface area contributed by atoms with Gasteiger partial charge in [0.2, 0.25) is 0 Å². The fraction of sp³-hybridized carbons (Fsp3) is 0.300. The summed E-state index contributed by atoms with van der Waals surface area (Å²) >= 11 is 1.53. The van der Waals surface area contributed by atoms with Crippen molar-refractivity contribution < 1.29 is 27.4 Å². The highest BCUT2D eigenvalue weighted by Crippen LogP contribution is 2.36. The Morgan fingerprint density at radius 3 is 2.53 bits per heavy atom. The summed E-state index contributed by atoms with van der Waals surface area (Å²) in [6.45, 7) is 0.937. The minimum absolute atomic E-state index is 0.0545. The van der Waals surface area contributed by atoms with E-state index in [1.807, 2.05) is 23.1 Å². The summed E-state index contributed by atoms with van der Waals surface area (Å²) in [5, 5.41) is 0.813. The lowest BCUT2D eigenvalue weighted by molar-refractivity contribution is -0.146. The Morgan fingerprint density at radius 2 is 1.87 bits per heavy atom. The second kappa shape index (κ2) is 8.11. The summed E-state index contributed by atoms with van der Waals surface area (Å²) < 4.78 is 41.5. The molecule has 2 heterocycles. The highest BCUT2D eigenvalue weighted by Gasteiger charge is 2.33. The number of carbonyl (C=O) groups excluding carboxylic acids is 1. The smallest absolute Gasteiger partial charge is 0.321 e. The maximum absolute atomic E-state index is 12.4. The number of hydrogen-bond acceptors (Lipinski definition) is 9. The first kappa shape index (κ1) is 20.4. The number of hydrogen-bond donors (Lipinski definition) is 0. The molecule has 1 fully saturated rings. The van der Waals surface area contributed by atoms with Gasteiger partial charge in [-0.15, -0.1) is 0 Å². The fourth-order valence-corrected chi connectivity index (χ4v) is 5.22. The monoisotopic (exact) mass is 448 g/mol. The first-order valence-corrected chi connectivity index (χ1v) is 11.6. The third-order valence-electron chi connectivity index (χ3n) is 4.73. The van der Waals surface area contributed by atoms with Crippen molar-refractivity contribution in [3.63, 3.8) is 0 Å². The molecule has 0 bridgehead atoms. The molecule has 0 unspecified atom stereocenters. The summed E-state index contributed by atoms with van der Waals surface area (Å²) in [6.07, 6.45) is -0.363. The SMILES string of the molecule is COc1ccc(S(=O)(=O)CC(=O)OC2CN(c3nc4c(OC)cccc4s3)C2)cc1. The quantitative estimate of drug-likeness (QED) is 0.509. The van der Waals surface area contributed by atoms with E-state index in [2.05, 4.69) is 4.98 Å². The van der Waals surface area contributed by atoms with Crippen molar-refractivity contribution in [3.8, 4) is 11.5 Å². The van der Waals surface area contributed by atoms with Crippen molar-refractivity contribution in [2.24, 2.45) is 0 Å². The molecule has 8 nitrogen and oxygen atoms in total. The predicted octanol–water partition coefficient (Wildman–Crippen LogP) is 2.52. The minimum Gasteiger partial charge on any atom is -0.497 e. The largest absolute Gasteiger partial charge is 0.497 e. The first-order valence-electron chi connectivity index (χ1n) is 9.14. The van der Waals surface area contributed by atoms with E-state index in [1.165, 1.54) is 42.7 Å². The second-order valence-corrected chi connectivity index (χ2v) is 9.75. The second-order valence-electron chi connectivity index (χ2n) is 6.75. The molecule has 2 aromatic carbocycles. The normalized spacial score (nSPS) is 14.4. The van der Waals surface area contributed by atoms with Crippen LogP contribution >= 0.6 is 11.3 Å². The van der Waals surface area contributed by atoms with Crippen molar-refractivity contribution in [1.29, 1.82) is 0 Å². The molecule has 158 valence electrons. The van der Waals surface area contributed by atoms with Gasteiger partial charge in [-0.25, -0.2) is 13.4 Å². The number of methoxy groups -OCH3 is 2. The Morgan fingerprint density at radius 1 is 1.13 bits per heavy atom. The number of aromatic nitrogens is 1. The van der Waals surface area contributed by atoms with Crippen molar-refractivity contribution in [2.45, 2.75) is 11.0 Å². The highest BCUT2D eigenvalue weighted by molar-refractivity contribution is 7.92. The van der Waals surface area contributed by atoms with Gasteiger partial charge in [0.1, 0.15) is 23.1 Å². The van der Waals surface area contributed by atoms with Gasteiger partial charge < -0.3 is 19.1 Å². The maximum atomic E-state index is 12.4. The van der Waals surface area contributed by atoms with Crippen LogP contribution in [0.15, 0.2) is 47.4 Å². The molecule has 1 saturated heterocycles. The summed E-state index contributed by atoms with van der Waals surface area (Å²) in [4.78, 5) is 18.8. The number of rotatable bonds is 7. The highest BCUT2D eigenvalue weighted by atomic mass is 32.2. The van der Waals surface area contributed by atoms with E-state index in [-0.39, 0.29) is 11.0 Å². The molecule has 4 rings (SSSR count). The van der Waals surface area contributed by atoms with Gasteiger partial charge in [-0.1, -0.05) is 17.4 Å². The van der Waals surface area contributed by atoms with E-state index in [0.29, 0.717) is 24.6 Å². The summed E-state index contributed by atoms with van der Waals surface area (Å²) in [5.74, 6) is -0.212. The van der Waals surface area contributed by atoms with Gasteiger partial charge >= 0.3 is 5.97 Å². The molecule has 0 amide bonds. The van der Waals surface area contributed by atoms with Crippen molar-refractivity contribution in [2.75, 3.05) is 38.0 Å². The lowest BCUT2D eigenvalue weighted by Gasteiger charge is -2.38.